The fourth-order valence-electron chi connectivity index (χ4n) is 9.64. The first-order chi connectivity index (χ1) is 40.1. The number of ether oxygens (including phenoxy) is 1. The van der Waals surface area contributed by atoms with E-state index in [2.05, 4.69) is 53.2 Å². The van der Waals surface area contributed by atoms with Gasteiger partial charge >= 0.3 is 5.97 Å². The fraction of sp³-hybridized carbons (Fsp3) is 0.684. The Morgan fingerprint density at radius 1 is 0.647 bits per heavy atom. The molecule has 2 aliphatic heterocycles. The number of likely N-dealkylation sites (N-methyl/N-ethyl adjacent to an activating group) is 1. The van der Waals surface area contributed by atoms with Crippen LogP contribution in [0.25, 0.3) is 0 Å². The topological polar surface area (TPSA) is 430 Å². The molecule has 0 unspecified atom stereocenters. The van der Waals surface area contributed by atoms with Crippen molar-refractivity contribution in [3.63, 3.8) is 0 Å². The molecule has 0 bridgehead atoms. The maximum absolute atomic E-state index is 14.4. The van der Waals surface area contributed by atoms with Gasteiger partial charge in [-0.05, 0) is 69.4 Å². The second kappa shape index (κ2) is 34.6. The minimum absolute atomic E-state index is 0.0247. The van der Waals surface area contributed by atoms with E-state index < -0.39 is 199 Å². The van der Waals surface area contributed by atoms with Gasteiger partial charge < -0.3 is 84.5 Å². The van der Waals surface area contributed by atoms with E-state index in [1.807, 2.05) is 30.3 Å². The first-order valence-corrected chi connectivity index (χ1v) is 29.3. The van der Waals surface area contributed by atoms with Crippen molar-refractivity contribution in [2.45, 2.75) is 199 Å². The van der Waals surface area contributed by atoms with E-state index >= 15 is 0 Å². The van der Waals surface area contributed by atoms with Gasteiger partial charge in [0.25, 0.3) is 0 Å². The second-order valence-corrected chi connectivity index (χ2v) is 22.4. The van der Waals surface area contributed by atoms with Gasteiger partial charge in [-0.15, -0.1) is 0 Å². The van der Waals surface area contributed by atoms with E-state index in [0.29, 0.717) is 19.3 Å². The van der Waals surface area contributed by atoms with Crippen molar-refractivity contribution >= 4 is 70.9 Å². The molecule has 0 aromatic heterocycles. The molecule has 2 fully saturated rings. The zero-order valence-electron chi connectivity index (χ0n) is 50.8. The normalized spacial score (nSPS) is 23.1. The van der Waals surface area contributed by atoms with Gasteiger partial charge in [-0.25, -0.2) is 4.79 Å². The summed E-state index contributed by atoms with van der Waals surface area (Å²) in [6, 6.07) is -6.60. The van der Waals surface area contributed by atoms with E-state index in [1.165, 1.54) is 18.7 Å². The van der Waals surface area contributed by atoms with Crippen molar-refractivity contribution in [3.8, 4) is 0 Å². The molecular weight excluding hydrogens is 1110 g/mol. The summed E-state index contributed by atoms with van der Waals surface area (Å²) in [4.78, 5) is 167. The number of nitrogens with two attached hydrogens (primary N) is 2. The summed E-state index contributed by atoms with van der Waals surface area (Å²) in [7, 11) is 1.60. The number of amides is 11. The molecule has 0 radical (unpaired) electrons. The minimum Gasteiger partial charge on any atom is -0.458 e. The zero-order valence-corrected chi connectivity index (χ0v) is 50.8. The van der Waals surface area contributed by atoms with Crippen LogP contribution in [-0.2, 0) is 68.7 Å². The lowest BCUT2D eigenvalue weighted by Crippen LogP contribution is -2.63. The molecule has 476 valence electrons. The van der Waals surface area contributed by atoms with Crippen LogP contribution in [0, 0.1) is 23.7 Å². The molecule has 0 spiro atoms. The van der Waals surface area contributed by atoms with Crippen molar-refractivity contribution in [3.05, 3.63) is 35.9 Å². The first-order valence-electron chi connectivity index (χ1n) is 29.3. The van der Waals surface area contributed by atoms with Crippen LogP contribution < -0.4 is 64.6 Å². The lowest BCUT2D eigenvalue weighted by atomic mass is 9.94. The summed E-state index contributed by atoms with van der Waals surface area (Å²) in [5.74, 6) is -12.8. The number of hydrogen-bond donors (Lipinski definition) is 14. The lowest BCUT2D eigenvalue weighted by molar-refractivity contribution is -0.157. The smallest absolute Gasteiger partial charge is 0.329 e. The van der Waals surface area contributed by atoms with Crippen molar-refractivity contribution in [1.29, 1.82) is 0 Å². The maximum Gasteiger partial charge on any atom is 0.329 e. The molecule has 11 amide bonds. The molecule has 0 aliphatic carbocycles. The highest BCUT2D eigenvalue weighted by Gasteiger charge is 2.45. The van der Waals surface area contributed by atoms with Gasteiger partial charge in [0.2, 0.25) is 65.0 Å². The first kappa shape index (κ1) is 72.0. The highest BCUT2D eigenvalue weighted by Crippen LogP contribution is 2.22. The molecule has 1 aromatic carbocycles. The van der Waals surface area contributed by atoms with Gasteiger partial charge in [0.1, 0.15) is 66.5 Å². The van der Waals surface area contributed by atoms with Crippen LogP contribution in [-0.4, -0.2) is 191 Å². The number of esters is 1. The molecule has 16 N–H and O–H groups in total. The fourth-order valence-corrected chi connectivity index (χ4v) is 9.64. The van der Waals surface area contributed by atoms with Gasteiger partial charge in [-0.1, -0.05) is 111 Å². The lowest BCUT2D eigenvalue weighted by Gasteiger charge is -2.31. The number of cyclic esters (lactones) is 1. The van der Waals surface area contributed by atoms with Gasteiger partial charge in [-0.2, -0.15) is 0 Å². The quantitative estimate of drug-likeness (QED) is 0.0333. The molecule has 17 atom stereocenters. The van der Waals surface area contributed by atoms with E-state index in [-0.39, 0.29) is 25.8 Å². The molecule has 3 rings (SSSR count). The van der Waals surface area contributed by atoms with Crippen LogP contribution in [0.1, 0.15) is 120 Å². The molecule has 85 heavy (non-hydrogen) atoms. The summed E-state index contributed by atoms with van der Waals surface area (Å²) in [6.45, 7) is 14.2. The Hall–Kier alpha value is -7.30. The number of nitrogens with one attached hydrogen (secondary N) is 10. The average Bonchev–Trinajstić information content (AvgIpc) is 4.05. The number of carbonyl (C=O) groups is 12. The van der Waals surface area contributed by atoms with Gasteiger partial charge in [-0.3, -0.25) is 52.7 Å². The minimum atomic E-state index is -1.81. The van der Waals surface area contributed by atoms with Crippen molar-refractivity contribution in [2.75, 3.05) is 26.8 Å². The van der Waals surface area contributed by atoms with Crippen molar-refractivity contribution < 1.29 is 72.5 Å². The molecule has 0 saturated carbocycles. The number of hydrogen-bond acceptors (Lipinski definition) is 17. The number of carbonyl (C=O) groups excluding carboxylic acids is 12. The van der Waals surface area contributed by atoms with Crippen LogP contribution in [0.3, 0.4) is 0 Å². The Bertz CT molecular complexity index is 2490. The standard InChI is InChI=1S/C57H93N13O15/c1-12-28(5)42(66-48(75)37(60-11)23-34-19-17-16-18-20-34)52(79)63-38(26-71)49(76)62-36(21-22-41(59)73)47(74)65-44(30(7)14-3)54(81)67-43(29(6)13-2)53(80)64-39(27-72)50(77)69-46-33(10)85-57(84)45(31(8)15-4)68-51(78)40-24-35(58)25-70(40)56(83)32(9)61-55(46)82/h16-20,28-33,35-40,42-46,60,71-72H,12-15,21-27,58H2,1-11H3,(H2,59,73)(H,61,82)(H,62,76)(H,63,79)(H,64,80)(H,65,74)(H,66,75)(H,67,81)(H,68,78)(H,69,77)/t28-,29-,30-,31-,32-,33-,35-,36+,37+,38-,39-,40-,42-,43-,44+,45-,46+/m0/s1. The molecule has 28 heteroatoms. The monoisotopic (exact) mass is 1200 g/mol. The predicted molar refractivity (Wildman–Crippen MR) is 310 cm³/mol. The second-order valence-electron chi connectivity index (χ2n) is 22.4. The molecule has 2 aliphatic rings. The van der Waals surface area contributed by atoms with E-state index in [0.717, 1.165) is 5.56 Å². The van der Waals surface area contributed by atoms with Crippen LogP contribution >= 0.6 is 0 Å². The number of aliphatic hydroxyl groups is 2. The number of primary amides is 1. The number of fused-ring (bicyclic) bond motifs is 1. The van der Waals surface area contributed by atoms with E-state index in [9.17, 15) is 67.7 Å². The Balaban J connectivity index is 1.85. The van der Waals surface area contributed by atoms with Crippen LogP contribution in [0.15, 0.2) is 30.3 Å². The predicted octanol–water partition coefficient (Wildman–Crippen LogP) is -3.49. The third-order valence-electron chi connectivity index (χ3n) is 16.0. The van der Waals surface area contributed by atoms with E-state index in [1.54, 1.807) is 62.4 Å². The molecule has 28 nitrogen and oxygen atoms in total. The van der Waals surface area contributed by atoms with Gasteiger partial charge in [0, 0.05) is 19.0 Å². The SMILES string of the molecule is CC[C@H](C)[C@H](NC(=O)[C@@H](Cc1ccccc1)NC)C(=O)N[C@@H](CO)C(=O)N[C@H](CCC(N)=O)C(=O)N[C@@H](C(=O)N[C@H](C(=O)N[C@@H](CO)C(=O)N[C@H]1C(=O)N[C@@H](C)C(=O)N2C[C@@H](N)C[C@H]2C(=O)N[C@@H]([C@@H](C)CC)C(=O)O[C@H]1C)[C@@H](C)CC)[C@@H](C)CC. The number of nitrogens with zero attached hydrogens (tertiary/aromatic N) is 1. The summed E-state index contributed by atoms with van der Waals surface area (Å²) in [5, 5.41) is 46.8. The molecule has 2 saturated heterocycles. The van der Waals surface area contributed by atoms with Crippen LogP contribution in [0.5, 0.6) is 0 Å². The van der Waals surface area contributed by atoms with E-state index in [4.69, 9.17) is 16.2 Å². The average molecular weight is 1200 g/mol. The third kappa shape index (κ3) is 20.7. The van der Waals surface area contributed by atoms with Gasteiger partial charge in [0.15, 0.2) is 0 Å². The molecule has 1 aromatic rings. The largest absolute Gasteiger partial charge is 0.458 e. The summed E-state index contributed by atoms with van der Waals surface area (Å²) < 4.78 is 5.71. The van der Waals surface area contributed by atoms with Crippen LogP contribution in [0.4, 0.5) is 0 Å². The third-order valence-corrected chi connectivity index (χ3v) is 16.0. The Labute approximate surface area is 497 Å². The van der Waals surface area contributed by atoms with Gasteiger partial charge in [0.05, 0.1) is 19.3 Å². The highest BCUT2D eigenvalue weighted by molar-refractivity contribution is 6.00. The van der Waals surface area contributed by atoms with Crippen molar-refractivity contribution in [1.82, 2.24) is 58.1 Å². The molecular formula is C57H93N13O15. The summed E-state index contributed by atoms with van der Waals surface area (Å²) >= 11 is 0. The molecule has 2 heterocycles. The van der Waals surface area contributed by atoms with Crippen molar-refractivity contribution in [2.24, 2.45) is 35.1 Å². The Morgan fingerprint density at radius 2 is 1.12 bits per heavy atom. The Morgan fingerprint density at radius 3 is 1.60 bits per heavy atom. The zero-order chi connectivity index (χ0) is 64.0. The van der Waals surface area contributed by atoms with Crippen LogP contribution in [0.2, 0.25) is 0 Å². The maximum atomic E-state index is 14.4. The summed E-state index contributed by atoms with van der Waals surface area (Å²) in [5.41, 5.74) is 12.5. The number of rotatable bonds is 30. The Kier molecular flexibility index (Phi) is 29.3. The number of aliphatic hydroxyl groups excluding tert-OH is 2. The summed E-state index contributed by atoms with van der Waals surface area (Å²) in [6.07, 6.45) is -0.574. The highest BCUT2D eigenvalue weighted by atomic mass is 16.5. The number of benzene rings is 1.